The molecule has 1 fully saturated rings. The van der Waals surface area contributed by atoms with Crippen molar-refractivity contribution >= 4 is 46.3 Å². The summed E-state index contributed by atoms with van der Waals surface area (Å²) in [4.78, 5) is 27.3. The first-order valence-corrected chi connectivity index (χ1v) is 9.06. The fourth-order valence-corrected chi connectivity index (χ4v) is 3.86. The number of Topliss-reactive ketones (excluding diaryl/α,β-unsaturated/α-hetero) is 1. The lowest BCUT2D eigenvalue weighted by molar-refractivity contribution is -0.133. The fourth-order valence-electron chi connectivity index (χ4n) is 3.34. The first-order chi connectivity index (χ1) is 12.4. The Balaban J connectivity index is 1.61. The van der Waals surface area contributed by atoms with Gasteiger partial charge in [0.15, 0.2) is 11.4 Å². The maximum Gasteiger partial charge on any atom is 0.261 e. The van der Waals surface area contributed by atoms with Crippen LogP contribution < -0.4 is 10.2 Å². The average Bonchev–Trinajstić information content (AvgIpc) is 2.83. The van der Waals surface area contributed by atoms with Crippen molar-refractivity contribution in [1.29, 1.82) is 0 Å². The van der Waals surface area contributed by atoms with Gasteiger partial charge in [0.1, 0.15) is 0 Å². The standard InChI is InChI=1S/C19H16Cl2N2O3/c20-13-6-7-14(21)17-16(13)19(26,18(25)22-17)10-15(24)11-2-4-12(5-3-11)23-8-1-9-23/h2-7,26H,1,8-10H2,(H,22,25). The first-order valence-electron chi connectivity index (χ1n) is 8.31. The molecule has 0 radical (unpaired) electrons. The lowest BCUT2D eigenvalue weighted by atomic mass is 9.88. The highest BCUT2D eigenvalue weighted by Crippen LogP contribution is 2.46. The van der Waals surface area contributed by atoms with Gasteiger partial charge < -0.3 is 15.3 Å². The summed E-state index contributed by atoms with van der Waals surface area (Å²) in [6.45, 7) is 2.03. The molecule has 2 aliphatic heterocycles. The van der Waals surface area contributed by atoms with Crippen LogP contribution in [0.4, 0.5) is 11.4 Å². The molecule has 1 unspecified atom stereocenters. The Morgan fingerprint density at radius 2 is 1.77 bits per heavy atom. The van der Waals surface area contributed by atoms with Crippen molar-refractivity contribution in [1.82, 2.24) is 0 Å². The second kappa shape index (κ2) is 6.27. The molecule has 2 heterocycles. The summed E-state index contributed by atoms with van der Waals surface area (Å²) in [5.41, 5.74) is -0.132. The second-order valence-electron chi connectivity index (χ2n) is 6.58. The minimum Gasteiger partial charge on any atom is -0.375 e. The Morgan fingerprint density at radius 1 is 1.12 bits per heavy atom. The van der Waals surface area contributed by atoms with Crippen LogP contribution in [0.2, 0.25) is 10.0 Å². The van der Waals surface area contributed by atoms with Gasteiger partial charge in [0.25, 0.3) is 5.91 Å². The van der Waals surface area contributed by atoms with E-state index in [0.29, 0.717) is 5.56 Å². The Labute approximate surface area is 160 Å². The van der Waals surface area contributed by atoms with Crippen LogP contribution in [0.25, 0.3) is 0 Å². The molecule has 0 bridgehead atoms. The molecule has 1 saturated heterocycles. The number of carbonyl (C=O) groups is 2. The Morgan fingerprint density at radius 3 is 2.38 bits per heavy atom. The second-order valence-corrected chi connectivity index (χ2v) is 7.40. The molecule has 0 aromatic heterocycles. The minimum atomic E-state index is -2.04. The number of ketones is 1. The molecular formula is C19H16Cl2N2O3. The smallest absolute Gasteiger partial charge is 0.261 e. The molecule has 1 atom stereocenters. The summed E-state index contributed by atoms with van der Waals surface area (Å²) >= 11 is 12.3. The van der Waals surface area contributed by atoms with Crippen LogP contribution >= 0.6 is 23.2 Å². The van der Waals surface area contributed by atoms with Crippen LogP contribution in [0.3, 0.4) is 0 Å². The van der Waals surface area contributed by atoms with Crippen molar-refractivity contribution in [2.75, 3.05) is 23.3 Å². The van der Waals surface area contributed by atoms with Gasteiger partial charge in [-0.05, 0) is 42.8 Å². The van der Waals surface area contributed by atoms with E-state index in [4.69, 9.17) is 23.2 Å². The molecule has 7 heteroatoms. The molecule has 0 spiro atoms. The Hall–Kier alpha value is -2.08. The van der Waals surface area contributed by atoms with Crippen molar-refractivity contribution < 1.29 is 14.7 Å². The first kappa shape index (κ1) is 17.3. The van der Waals surface area contributed by atoms with E-state index in [1.54, 1.807) is 12.1 Å². The number of anilines is 2. The largest absolute Gasteiger partial charge is 0.375 e. The van der Waals surface area contributed by atoms with E-state index in [9.17, 15) is 14.7 Å². The van der Waals surface area contributed by atoms with E-state index < -0.39 is 17.9 Å². The number of nitrogens with zero attached hydrogens (tertiary/aromatic N) is 1. The van der Waals surface area contributed by atoms with Gasteiger partial charge in [0.2, 0.25) is 0 Å². The van der Waals surface area contributed by atoms with Gasteiger partial charge in [-0.25, -0.2) is 0 Å². The van der Waals surface area contributed by atoms with E-state index in [2.05, 4.69) is 10.2 Å². The number of carbonyl (C=O) groups excluding carboxylic acids is 2. The van der Waals surface area contributed by atoms with E-state index in [0.717, 1.165) is 18.8 Å². The quantitative estimate of drug-likeness (QED) is 0.782. The molecule has 2 N–H and O–H groups in total. The van der Waals surface area contributed by atoms with Crippen molar-refractivity contribution in [3.8, 4) is 0 Å². The van der Waals surface area contributed by atoms with Crippen LogP contribution in [-0.2, 0) is 10.4 Å². The lowest BCUT2D eigenvalue weighted by Gasteiger charge is -2.33. The number of halogens is 2. The molecule has 134 valence electrons. The van der Waals surface area contributed by atoms with E-state index >= 15 is 0 Å². The summed E-state index contributed by atoms with van der Waals surface area (Å²) < 4.78 is 0. The molecule has 0 aliphatic carbocycles. The van der Waals surface area contributed by atoms with Crippen LogP contribution in [0.5, 0.6) is 0 Å². The van der Waals surface area contributed by atoms with E-state index in [1.165, 1.54) is 18.6 Å². The monoisotopic (exact) mass is 390 g/mol. The highest BCUT2D eigenvalue weighted by Gasteiger charge is 2.49. The summed E-state index contributed by atoms with van der Waals surface area (Å²) in [6.07, 6.45) is 0.764. The Bertz CT molecular complexity index is 910. The van der Waals surface area contributed by atoms with Crippen molar-refractivity contribution in [3.05, 3.63) is 57.6 Å². The normalized spacial score (nSPS) is 21.2. The molecule has 4 rings (SSSR count). The van der Waals surface area contributed by atoms with Crippen LogP contribution in [0.1, 0.15) is 28.8 Å². The molecule has 0 saturated carbocycles. The summed E-state index contributed by atoms with van der Waals surface area (Å²) in [6, 6.07) is 10.2. The molecule has 1 amide bonds. The highest BCUT2D eigenvalue weighted by molar-refractivity contribution is 6.38. The summed E-state index contributed by atoms with van der Waals surface area (Å²) in [5, 5.41) is 13.9. The maximum atomic E-state index is 12.7. The third-order valence-electron chi connectivity index (χ3n) is 4.96. The van der Waals surface area contributed by atoms with Crippen LogP contribution in [0, 0.1) is 0 Å². The third kappa shape index (κ3) is 2.67. The Kier molecular flexibility index (Phi) is 4.18. The number of aliphatic hydroxyl groups is 1. The molecule has 2 aromatic rings. The number of fused-ring (bicyclic) bond motifs is 1. The van der Waals surface area contributed by atoms with Crippen molar-refractivity contribution in [2.45, 2.75) is 18.4 Å². The number of amides is 1. The van der Waals surface area contributed by atoms with Gasteiger partial charge in [0, 0.05) is 34.9 Å². The number of hydrogen-bond donors (Lipinski definition) is 2. The van der Waals surface area contributed by atoms with Gasteiger partial charge in [0.05, 0.1) is 17.1 Å². The maximum absolute atomic E-state index is 12.7. The van der Waals surface area contributed by atoms with Crippen molar-refractivity contribution in [3.63, 3.8) is 0 Å². The summed E-state index contributed by atoms with van der Waals surface area (Å²) in [7, 11) is 0. The van der Waals surface area contributed by atoms with Gasteiger partial charge >= 0.3 is 0 Å². The fraction of sp³-hybridized carbons (Fsp3) is 0.263. The van der Waals surface area contributed by atoms with Crippen molar-refractivity contribution in [2.24, 2.45) is 0 Å². The zero-order chi connectivity index (χ0) is 18.5. The van der Waals surface area contributed by atoms with E-state index in [1.807, 2.05) is 12.1 Å². The number of nitrogens with one attached hydrogen (secondary N) is 1. The topological polar surface area (TPSA) is 69.6 Å². The molecule has 5 nitrogen and oxygen atoms in total. The molecular weight excluding hydrogens is 375 g/mol. The SMILES string of the molecule is O=C(CC1(O)C(=O)Nc2c(Cl)ccc(Cl)c21)c1ccc(N2CCC2)cc1. The van der Waals surface area contributed by atoms with E-state index in [-0.39, 0.29) is 27.1 Å². The predicted octanol–water partition coefficient (Wildman–Crippen LogP) is 3.62. The molecule has 26 heavy (non-hydrogen) atoms. The van der Waals surface area contributed by atoms with Crippen LogP contribution in [0.15, 0.2) is 36.4 Å². The number of hydrogen-bond acceptors (Lipinski definition) is 4. The van der Waals surface area contributed by atoms with Gasteiger partial charge in [-0.1, -0.05) is 23.2 Å². The lowest BCUT2D eigenvalue weighted by Crippen LogP contribution is -2.37. The predicted molar refractivity (Wildman–Crippen MR) is 101 cm³/mol. The average molecular weight is 391 g/mol. The summed E-state index contributed by atoms with van der Waals surface area (Å²) in [5.74, 6) is -1.05. The number of benzene rings is 2. The zero-order valence-electron chi connectivity index (χ0n) is 13.8. The zero-order valence-corrected chi connectivity index (χ0v) is 15.3. The molecule has 2 aliphatic rings. The van der Waals surface area contributed by atoms with Gasteiger partial charge in [-0.3, -0.25) is 9.59 Å². The highest BCUT2D eigenvalue weighted by atomic mass is 35.5. The number of rotatable bonds is 4. The van der Waals surface area contributed by atoms with Gasteiger partial charge in [-0.2, -0.15) is 0 Å². The minimum absolute atomic E-state index is 0.155. The van der Waals surface area contributed by atoms with Crippen LogP contribution in [-0.4, -0.2) is 29.9 Å². The molecule has 2 aromatic carbocycles. The van der Waals surface area contributed by atoms with Gasteiger partial charge in [-0.15, -0.1) is 0 Å². The third-order valence-corrected chi connectivity index (χ3v) is 5.59.